The van der Waals surface area contributed by atoms with E-state index >= 15 is 0 Å². The maximum absolute atomic E-state index is 12.4. The highest BCUT2D eigenvalue weighted by Gasteiger charge is 2.37. The van der Waals surface area contributed by atoms with Gasteiger partial charge in [-0.05, 0) is 29.8 Å². The molecule has 0 spiro atoms. The minimum Gasteiger partial charge on any atom is -0.286 e. The van der Waals surface area contributed by atoms with Crippen molar-refractivity contribution in [3.05, 3.63) is 33.8 Å². The highest BCUT2D eigenvalue weighted by molar-refractivity contribution is 6.40. The van der Waals surface area contributed by atoms with Crippen LogP contribution >= 0.6 is 34.8 Å². The first-order chi connectivity index (χ1) is 6.32. The first-order valence-corrected chi connectivity index (χ1v) is 4.52. The number of ketones is 1. The summed E-state index contributed by atoms with van der Waals surface area (Å²) in [7, 11) is 0. The molecule has 1 rings (SSSR count). The van der Waals surface area contributed by atoms with E-state index in [1.165, 1.54) is 12.1 Å². The molecular formula is C8H3Cl3F2O. The number of benzene rings is 1. The second-order valence-electron chi connectivity index (χ2n) is 2.45. The van der Waals surface area contributed by atoms with E-state index in [4.69, 9.17) is 23.2 Å². The van der Waals surface area contributed by atoms with Gasteiger partial charge >= 0.3 is 5.38 Å². The topological polar surface area (TPSA) is 17.1 Å². The normalized spacial score (nSPS) is 11.5. The molecule has 0 aliphatic carbocycles. The van der Waals surface area contributed by atoms with Crippen LogP contribution < -0.4 is 0 Å². The van der Waals surface area contributed by atoms with Crippen LogP contribution in [0.2, 0.25) is 10.0 Å². The number of hydrogen-bond donors (Lipinski definition) is 0. The Morgan fingerprint density at radius 1 is 1.29 bits per heavy atom. The zero-order valence-corrected chi connectivity index (χ0v) is 8.80. The van der Waals surface area contributed by atoms with E-state index < -0.39 is 11.2 Å². The predicted octanol–water partition coefficient (Wildman–Crippen LogP) is 4.01. The summed E-state index contributed by atoms with van der Waals surface area (Å²) >= 11 is 15.6. The van der Waals surface area contributed by atoms with Crippen LogP contribution in [0.15, 0.2) is 18.2 Å². The van der Waals surface area contributed by atoms with Gasteiger partial charge in [0.2, 0.25) is 5.78 Å². The fourth-order valence-corrected chi connectivity index (χ4v) is 1.42. The molecule has 14 heavy (non-hydrogen) atoms. The predicted molar refractivity (Wildman–Crippen MR) is 51.6 cm³/mol. The van der Waals surface area contributed by atoms with Crippen LogP contribution in [-0.2, 0) is 0 Å². The maximum atomic E-state index is 12.4. The molecule has 1 aromatic rings. The molecule has 0 unspecified atom stereocenters. The van der Waals surface area contributed by atoms with Gasteiger partial charge in [-0.25, -0.2) is 0 Å². The number of carbonyl (C=O) groups excluding carboxylic acids is 1. The molecule has 0 heterocycles. The number of halogens is 5. The molecule has 0 amide bonds. The number of carbonyl (C=O) groups is 1. The minimum absolute atomic E-state index is 0.150. The molecule has 0 saturated carbocycles. The molecule has 0 bridgehead atoms. The third kappa shape index (κ3) is 2.56. The van der Waals surface area contributed by atoms with Crippen molar-refractivity contribution in [3.63, 3.8) is 0 Å². The second-order valence-corrected chi connectivity index (χ2v) is 3.77. The van der Waals surface area contributed by atoms with Crippen LogP contribution in [0, 0.1) is 0 Å². The SMILES string of the molecule is O=C(c1ccc(Cl)cc1Cl)C(F)(F)Cl. The zero-order valence-electron chi connectivity index (χ0n) is 6.53. The van der Waals surface area contributed by atoms with Crippen LogP contribution in [0.5, 0.6) is 0 Å². The molecular weight excluding hydrogens is 256 g/mol. The molecule has 1 nitrogen and oxygen atoms in total. The lowest BCUT2D eigenvalue weighted by Gasteiger charge is -2.07. The molecule has 0 aliphatic rings. The largest absolute Gasteiger partial charge is 0.384 e. The molecule has 6 heteroatoms. The van der Waals surface area contributed by atoms with Crippen molar-refractivity contribution in [1.82, 2.24) is 0 Å². The molecule has 0 saturated heterocycles. The van der Waals surface area contributed by atoms with Gasteiger partial charge in [-0.15, -0.1) is 0 Å². The minimum atomic E-state index is -3.95. The van der Waals surface area contributed by atoms with Crippen molar-refractivity contribution in [3.8, 4) is 0 Å². The van der Waals surface area contributed by atoms with Crippen molar-refractivity contribution in [2.24, 2.45) is 0 Å². The maximum Gasteiger partial charge on any atom is 0.384 e. The summed E-state index contributed by atoms with van der Waals surface area (Å²) in [6.45, 7) is 0. The quantitative estimate of drug-likeness (QED) is 0.579. The molecule has 76 valence electrons. The fraction of sp³-hybridized carbons (Fsp3) is 0.125. The van der Waals surface area contributed by atoms with Crippen molar-refractivity contribution in [1.29, 1.82) is 0 Å². The van der Waals surface area contributed by atoms with Gasteiger partial charge in [0, 0.05) is 10.6 Å². The molecule has 0 radical (unpaired) electrons. The zero-order chi connectivity index (χ0) is 10.9. The average molecular weight is 259 g/mol. The Morgan fingerprint density at radius 2 is 1.86 bits per heavy atom. The Balaban J connectivity index is 3.15. The lowest BCUT2D eigenvalue weighted by atomic mass is 10.1. The molecule has 0 N–H and O–H groups in total. The fourth-order valence-electron chi connectivity index (χ4n) is 0.826. The first-order valence-electron chi connectivity index (χ1n) is 3.39. The Labute approximate surface area is 93.6 Å². The van der Waals surface area contributed by atoms with E-state index in [1.54, 1.807) is 0 Å². The van der Waals surface area contributed by atoms with Gasteiger partial charge in [-0.2, -0.15) is 8.78 Å². The summed E-state index contributed by atoms with van der Waals surface area (Å²) in [5.74, 6) is -1.54. The van der Waals surface area contributed by atoms with Crippen LogP contribution in [0.3, 0.4) is 0 Å². The van der Waals surface area contributed by atoms with Crippen LogP contribution in [-0.4, -0.2) is 11.2 Å². The van der Waals surface area contributed by atoms with E-state index in [0.717, 1.165) is 6.07 Å². The Hall–Kier alpha value is -0.380. The lowest BCUT2D eigenvalue weighted by Crippen LogP contribution is -2.21. The van der Waals surface area contributed by atoms with Gasteiger partial charge < -0.3 is 0 Å². The monoisotopic (exact) mass is 258 g/mol. The van der Waals surface area contributed by atoms with Gasteiger partial charge in [-0.3, -0.25) is 4.79 Å². The molecule has 0 atom stereocenters. The highest BCUT2D eigenvalue weighted by Crippen LogP contribution is 2.29. The van der Waals surface area contributed by atoms with E-state index in [9.17, 15) is 13.6 Å². The Bertz CT molecular complexity index is 373. The summed E-state index contributed by atoms with van der Waals surface area (Å²) in [6, 6.07) is 3.57. The highest BCUT2D eigenvalue weighted by atomic mass is 35.5. The standard InChI is InChI=1S/C8H3Cl3F2O/c9-4-1-2-5(6(10)3-4)7(14)8(11,12)13/h1-3H. The third-order valence-electron chi connectivity index (χ3n) is 1.43. The summed E-state index contributed by atoms with van der Waals surface area (Å²) < 4.78 is 24.8. The lowest BCUT2D eigenvalue weighted by molar-refractivity contribution is 0.0536. The van der Waals surface area contributed by atoms with Crippen molar-refractivity contribution in [2.45, 2.75) is 5.38 Å². The molecule has 0 fully saturated rings. The van der Waals surface area contributed by atoms with Gasteiger partial charge in [0.25, 0.3) is 0 Å². The Morgan fingerprint density at radius 3 is 2.29 bits per heavy atom. The van der Waals surface area contributed by atoms with Gasteiger partial charge in [-0.1, -0.05) is 23.2 Å². The summed E-state index contributed by atoms with van der Waals surface area (Å²) in [4.78, 5) is 11.0. The van der Waals surface area contributed by atoms with E-state index in [2.05, 4.69) is 11.6 Å². The summed E-state index contributed by atoms with van der Waals surface area (Å²) in [5, 5.41) is -3.84. The van der Waals surface area contributed by atoms with Crippen LogP contribution in [0.1, 0.15) is 10.4 Å². The summed E-state index contributed by atoms with van der Waals surface area (Å²) in [6.07, 6.45) is 0. The molecule has 1 aromatic carbocycles. The van der Waals surface area contributed by atoms with Crippen LogP contribution in [0.25, 0.3) is 0 Å². The molecule has 0 aromatic heterocycles. The number of hydrogen-bond acceptors (Lipinski definition) is 1. The first kappa shape index (κ1) is 11.7. The smallest absolute Gasteiger partial charge is 0.286 e. The number of Topliss-reactive ketones (excluding diaryl/α,β-unsaturated/α-hetero) is 1. The second kappa shape index (κ2) is 4.01. The Kier molecular flexibility index (Phi) is 3.35. The van der Waals surface area contributed by atoms with Gasteiger partial charge in [0.1, 0.15) is 0 Å². The van der Waals surface area contributed by atoms with Crippen molar-refractivity contribution in [2.75, 3.05) is 0 Å². The van der Waals surface area contributed by atoms with Crippen molar-refractivity contribution < 1.29 is 13.6 Å². The van der Waals surface area contributed by atoms with Crippen molar-refractivity contribution >= 4 is 40.6 Å². The van der Waals surface area contributed by atoms with E-state index in [1.807, 2.05) is 0 Å². The van der Waals surface area contributed by atoms with E-state index in [0.29, 0.717) is 0 Å². The van der Waals surface area contributed by atoms with Gasteiger partial charge in [0.05, 0.1) is 5.02 Å². The molecule has 0 aliphatic heterocycles. The number of alkyl halides is 3. The summed E-state index contributed by atoms with van der Waals surface area (Å²) in [5.41, 5.74) is -0.351. The average Bonchev–Trinajstić information content (AvgIpc) is 2.01. The van der Waals surface area contributed by atoms with E-state index in [-0.39, 0.29) is 15.6 Å². The van der Waals surface area contributed by atoms with Gasteiger partial charge in [0.15, 0.2) is 0 Å². The van der Waals surface area contributed by atoms with Crippen LogP contribution in [0.4, 0.5) is 8.78 Å². The number of rotatable bonds is 2. The third-order valence-corrected chi connectivity index (χ3v) is 2.15.